The van der Waals surface area contributed by atoms with E-state index in [2.05, 4.69) is 20.5 Å². The molecule has 1 aromatic heterocycles. The van der Waals surface area contributed by atoms with Crippen molar-refractivity contribution in [2.45, 2.75) is 25.4 Å². The first-order valence-electron chi connectivity index (χ1n) is 7.42. The highest BCUT2D eigenvalue weighted by molar-refractivity contribution is 6.30. The fraction of sp³-hybridized carbons (Fsp3) is 0.467. The van der Waals surface area contributed by atoms with E-state index in [9.17, 15) is 4.39 Å². The zero-order chi connectivity index (χ0) is 15.5. The molecule has 5 nitrogen and oxygen atoms in total. The molecule has 0 spiro atoms. The zero-order valence-electron chi connectivity index (χ0n) is 12.9. The minimum atomic E-state index is -0.433. The molecule has 1 N–H and O–H groups in total. The van der Waals surface area contributed by atoms with E-state index in [1.165, 1.54) is 18.9 Å². The third kappa shape index (κ3) is 4.41. The Hall–Kier alpha value is -1.21. The molecule has 1 aliphatic rings. The van der Waals surface area contributed by atoms with Crippen molar-refractivity contribution in [1.29, 1.82) is 0 Å². The Kier molecular flexibility index (Phi) is 6.35. The van der Waals surface area contributed by atoms with Crippen molar-refractivity contribution in [2.75, 3.05) is 20.1 Å². The first-order chi connectivity index (χ1) is 10.7. The number of hydrogen-bond donors (Lipinski definition) is 1. The number of benzene rings is 1. The van der Waals surface area contributed by atoms with Gasteiger partial charge >= 0.3 is 0 Å². The van der Waals surface area contributed by atoms with Gasteiger partial charge in [0.2, 0.25) is 0 Å². The summed E-state index contributed by atoms with van der Waals surface area (Å²) in [6, 6.07) is 5.06. The minimum Gasteiger partial charge on any atom is -0.316 e. The molecule has 1 fully saturated rings. The van der Waals surface area contributed by atoms with Crippen molar-refractivity contribution in [3.05, 3.63) is 40.9 Å². The van der Waals surface area contributed by atoms with Gasteiger partial charge in [-0.25, -0.2) is 9.07 Å². The van der Waals surface area contributed by atoms with Gasteiger partial charge in [0.1, 0.15) is 5.82 Å². The summed E-state index contributed by atoms with van der Waals surface area (Å²) in [6.07, 6.45) is 4.27. The molecule has 2 heterocycles. The molecule has 3 rings (SSSR count). The Morgan fingerprint density at radius 2 is 2.26 bits per heavy atom. The molecule has 0 amide bonds. The van der Waals surface area contributed by atoms with E-state index in [1.807, 2.05) is 13.2 Å². The van der Waals surface area contributed by atoms with E-state index in [0.717, 1.165) is 25.3 Å². The second-order valence-electron chi connectivity index (χ2n) is 5.62. The molecule has 1 unspecified atom stereocenters. The number of nitrogens with one attached hydrogen (secondary N) is 1. The summed E-state index contributed by atoms with van der Waals surface area (Å²) in [6.45, 7) is 2.87. The topological polar surface area (TPSA) is 46.0 Å². The van der Waals surface area contributed by atoms with Crippen LogP contribution in [0.25, 0.3) is 5.69 Å². The summed E-state index contributed by atoms with van der Waals surface area (Å²) in [4.78, 5) is 2.37. The highest BCUT2D eigenvalue weighted by Gasteiger charge is 2.19. The molecule has 8 heteroatoms. The lowest BCUT2D eigenvalue weighted by Gasteiger charge is -2.31. The van der Waals surface area contributed by atoms with Crippen LogP contribution in [0.1, 0.15) is 18.5 Å². The molecule has 0 bridgehead atoms. The SMILES string of the molecule is CNC1CCCN(Cc2cn(-c3ccc(F)c(Cl)c3)nn2)C1.Cl. The van der Waals surface area contributed by atoms with Gasteiger partial charge in [0.15, 0.2) is 0 Å². The van der Waals surface area contributed by atoms with Crippen LogP contribution < -0.4 is 5.32 Å². The van der Waals surface area contributed by atoms with Gasteiger partial charge < -0.3 is 5.32 Å². The van der Waals surface area contributed by atoms with Gasteiger partial charge in [-0.1, -0.05) is 16.8 Å². The lowest BCUT2D eigenvalue weighted by atomic mass is 10.1. The molecule has 0 aliphatic carbocycles. The van der Waals surface area contributed by atoms with Gasteiger partial charge in [-0.3, -0.25) is 4.90 Å². The quantitative estimate of drug-likeness (QED) is 0.911. The van der Waals surface area contributed by atoms with E-state index in [1.54, 1.807) is 16.8 Å². The van der Waals surface area contributed by atoms with Crippen LogP contribution in [-0.4, -0.2) is 46.1 Å². The summed E-state index contributed by atoms with van der Waals surface area (Å²) in [5.41, 5.74) is 1.61. The van der Waals surface area contributed by atoms with Gasteiger partial charge in [-0.05, 0) is 44.6 Å². The summed E-state index contributed by atoms with van der Waals surface area (Å²) in [7, 11) is 2.00. The van der Waals surface area contributed by atoms with Crippen molar-refractivity contribution in [3.63, 3.8) is 0 Å². The Bertz CT molecular complexity index is 649. The monoisotopic (exact) mass is 359 g/mol. The number of piperidine rings is 1. The summed E-state index contributed by atoms with van der Waals surface area (Å²) in [5, 5.41) is 11.7. The van der Waals surface area contributed by atoms with Gasteiger partial charge in [-0.2, -0.15) is 0 Å². The van der Waals surface area contributed by atoms with Crippen LogP contribution in [0.5, 0.6) is 0 Å². The Balaban J connectivity index is 0.00000192. The van der Waals surface area contributed by atoms with E-state index in [4.69, 9.17) is 11.6 Å². The maximum Gasteiger partial charge on any atom is 0.141 e. The molecule has 0 radical (unpaired) electrons. The first-order valence-corrected chi connectivity index (χ1v) is 7.80. The van der Waals surface area contributed by atoms with Crippen LogP contribution >= 0.6 is 24.0 Å². The van der Waals surface area contributed by atoms with Gasteiger partial charge in [-0.15, -0.1) is 17.5 Å². The van der Waals surface area contributed by atoms with Crippen molar-refractivity contribution in [2.24, 2.45) is 0 Å². The number of rotatable bonds is 4. The molecule has 23 heavy (non-hydrogen) atoms. The highest BCUT2D eigenvalue weighted by atomic mass is 35.5. The molecule has 1 aliphatic heterocycles. The Labute approximate surface area is 146 Å². The minimum absolute atomic E-state index is 0. The van der Waals surface area contributed by atoms with E-state index < -0.39 is 5.82 Å². The predicted octanol–water partition coefficient (Wildman–Crippen LogP) is 2.67. The standard InChI is InChI=1S/C15H19ClFN5.ClH/c1-18-11-3-2-6-21(8-11)9-12-10-22(20-19-12)13-4-5-15(17)14(16)7-13;/h4-5,7,10-11,18H,2-3,6,8-9H2,1H3;1H. The first kappa shape index (κ1) is 18.1. The van der Waals surface area contributed by atoms with Crippen LogP contribution in [-0.2, 0) is 6.54 Å². The third-order valence-electron chi connectivity index (χ3n) is 4.01. The Morgan fingerprint density at radius 1 is 1.43 bits per heavy atom. The Morgan fingerprint density at radius 3 is 3.00 bits per heavy atom. The average molecular weight is 360 g/mol. The van der Waals surface area contributed by atoms with Crippen LogP contribution in [0.2, 0.25) is 5.02 Å². The third-order valence-corrected chi connectivity index (χ3v) is 4.30. The second kappa shape index (κ2) is 8.06. The van der Waals surface area contributed by atoms with E-state index in [-0.39, 0.29) is 17.4 Å². The summed E-state index contributed by atoms with van der Waals surface area (Å²) < 4.78 is 14.8. The fourth-order valence-electron chi connectivity index (χ4n) is 2.79. The van der Waals surface area contributed by atoms with Crippen molar-refractivity contribution >= 4 is 24.0 Å². The van der Waals surface area contributed by atoms with E-state index >= 15 is 0 Å². The largest absolute Gasteiger partial charge is 0.316 e. The molecule has 1 aromatic carbocycles. The second-order valence-corrected chi connectivity index (χ2v) is 6.02. The van der Waals surface area contributed by atoms with Gasteiger partial charge in [0.05, 0.1) is 22.6 Å². The van der Waals surface area contributed by atoms with Crippen molar-refractivity contribution in [3.8, 4) is 5.69 Å². The normalized spacial score (nSPS) is 18.7. The summed E-state index contributed by atoms with van der Waals surface area (Å²) >= 11 is 5.81. The smallest absolute Gasteiger partial charge is 0.141 e. The molecular weight excluding hydrogens is 340 g/mol. The number of aromatic nitrogens is 3. The molecule has 1 saturated heterocycles. The predicted molar refractivity (Wildman–Crippen MR) is 90.9 cm³/mol. The number of halogens is 3. The lowest BCUT2D eigenvalue weighted by Crippen LogP contribution is -2.43. The fourth-order valence-corrected chi connectivity index (χ4v) is 2.96. The molecule has 1 atom stereocenters. The average Bonchev–Trinajstić information content (AvgIpc) is 2.98. The molecule has 0 saturated carbocycles. The summed E-state index contributed by atoms with van der Waals surface area (Å²) in [5.74, 6) is -0.433. The van der Waals surface area contributed by atoms with Crippen molar-refractivity contribution < 1.29 is 4.39 Å². The molecule has 126 valence electrons. The number of hydrogen-bond acceptors (Lipinski definition) is 4. The van der Waals surface area contributed by atoms with Crippen LogP contribution in [0, 0.1) is 5.82 Å². The molecule has 2 aromatic rings. The zero-order valence-corrected chi connectivity index (χ0v) is 14.4. The number of nitrogens with zero attached hydrogens (tertiary/aromatic N) is 4. The molecular formula is C15H20Cl2FN5. The van der Waals surface area contributed by atoms with Crippen LogP contribution in [0.15, 0.2) is 24.4 Å². The van der Waals surface area contributed by atoms with Crippen LogP contribution in [0.4, 0.5) is 4.39 Å². The maximum atomic E-state index is 13.2. The van der Waals surface area contributed by atoms with E-state index in [0.29, 0.717) is 11.7 Å². The maximum absolute atomic E-state index is 13.2. The number of likely N-dealkylation sites (tertiary alicyclic amines) is 1. The van der Waals surface area contributed by atoms with Gasteiger partial charge in [0.25, 0.3) is 0 Å². The van der Waals surface area contributed by atoms with Crippen molar-refractivity contribution in [1.82, 2.24) is 25.2 Å². The number of likely N-dealkylation sites (N-methyl/N-ethyl adjacent to an activating group) is 1. The lowest BCUT2D eigenvalue weighted by molar-refractivity contribution is 0.186. The van der Waals surface area contributed by atoms with Gasteiger partial charge in [0, 0.05) is 19.1 Å². The van der Waals surface area contributed by atoms with Crippen LogP contribution in [0.3, 0.4) is 0 Å². The highest BCUT2D eigenvalue weighted by Crippen LogP contribution is 2.19.